The third-order valence-corrected chi connectivity index (χ3v) is 8.62. The van der Waals surface area contributed by atoms with E-state index >= 15 is 0 Å². The minimum absolute atomic E-state index is 0.0419. The predicted molar refractivity (Wildman–Crippen MR) is 113 cm³/mol. The summed E-state index contributed by atoms with van der Waals surface area (Å²) in [5.41, 5.74) is 0.0371. The summed E-state index contributed by atoms with van der Waals surface area (Å²) in [6.45, 7) is 4.53. The smallest absolute Gasteiger partial charge is 0.251 e. The molecule has 1 heterocycles. The van der Waals surface area contributed by atoms with Crippen LogP contribution in [0.3, 0.4) is 0 Å². The third kappa shape index (κ3) is 4.16. The summed E-state index contributed by atoms with van der Waals surface area (Å²) in [6, 6.07) is 6.18. The number of sulfonamides is 1. The molecular formula is C22H29N3O4S. The number of nitrogens with one attached hydrogen (secondary N) is 2. The highest BCUT2D eigenvalue weighted by atomic mass is 32.2. The Morgan fingerprint density at radius 3 is 2.43 bits per heavy atom. The summed E-state index contributed by atoms with van der Waals surface area (Å²) in [5.74, 6) is 0.202. The maximum absolute atomic E-state index is 13.4. The van der Waals surface area contributed by atoms with Crippen LogP contribution in [0.4, 0.5) is 0 Å². The van der Waals surface area contributed by atoms with Crippen LogP contribution in [0, 0.1) is 5.92 Å². The molecule has 2 saturated carbocycles. The largest absolute Gasteiger partial charge is 0.352 e. The van der Waals surface area contributed by atoms with Crippen LogP contribution in [0.25, 0.3) is 0 Å². The normalized spacial score (nSPS) is 23.4. The Morgan fingerprint density at radius 1 is 1.17 bits per heavy atom. The van der Waals surface area contributed by atoms with Crippen LogP contribution < -0.4 is 10.6 Å². The number of piperidine rings is 1. The summed E-state index contributed by atoms with van der Waals surface area (Å²) in [6.07, 6.45) is 7.34. The number of carbonyl (C=O) groups is 2. The molecular weight excluding hydrogens is 402 g/mol. The Bertz CT molecular complexity index is 934. The molecule has 4 rings (SSSR count). The number of rotatable bonds is 7. The van der Waals surface area contributed by atoms with E-state index in [0.717, 1.165) is 32.1 Å². The summed E-state index contributed by atoms with van der Waals surface area (Å²) < 4.78 is 28.4. The molecule has 1 unspecified atom stereocenters. The number of benzene rings is 1. The number of carbonyl (C=O) groups excluding carboxylic acids is 2. The van der Waals surface area contributed by atoms with Gasteiger partial charge in [0.05, 0.1) is 4.90 Å². The molecule has 0 aromatic heterocycles. The van der Waals surface area contributed by atoms with E-state index in [1.807, 2.05) is 0 Å². The van der Waals surface area contributed by atoms with Gasteiger partial charge >= 0.3 is 0 Å². The summed E-state index contributed by atoms with van der Waals surface area (Å²) in [7, 11) is -3.68. The van der Waals surface area contributed by atoms with Crippen LogP contribution in [-0.2, 0) is 14.8 Å². The number of hydrogen-bond acceptors (Lipinski definition) is 4. The zero-order valence-electron chi connectivity index (χ0n) is 17.1. The van der Waals surface area contributed by atoms with Gasteiger partial charge in [-0.1, -0.05) is 6.58 Å². The molecule has 1 spiro atoms. The van der Waals surface area contributed by atoms with E-state index in [1.165, 1.54) is 18.2 Å². The number of amides is 2. The fraction of sp³-hybridized carbons (Fsp3) is 0.545. The van der Waals surface area contributed by atoms with E-state index in [9.17, 15) is 18.0 Å². The van der Waals surface area contributed by atoms with Crippen molar-refractivity contribution in [2.24, 2.45) is 5.92 Å². The Labute approximate surface area is 178 Å². The summed E-state index contributed by atoms with van der Waals surface area (Å²) in [4.78, 5) is 24.1. The van der Waals surface area contributed by atoms with Crippen molar-refractivity contribution in [1.82, 2.24) is 14.9 Å². The monoisotopic (exact) mass is 431 g/mol. The van der Waals surface area contributed by atoms with Crippen molar-refractivity contribution in [3.8, 4) is 0 Å². The van der Waals surface area contributed by atoms with Crippen molar-refractivity contribution in [2.75, 3.05) is 13.1 Å². The molecule has 30 heavy (non-hydrogen) atoms. The van der Waals surface area contributed by atoms with Crippen molar-refractivity contribution in [1.29, 1.82) is 0 Å². The maximum Gasteiger partial charge on any atom is 0.251 e. The van der Waals surface area contributed by atoms with E-state index in [4.69, 9.17) is 0 Å². The van der Waals surface area contributed by atoms with Gasteiger partial charge in [0.15, 0.2) is 0 Å². The van der Waals surface area contributed by atoms with Gasteiger partial charge < -0.3 is 10.6 Å². The lowest BCUT2D eigenvalue weighted by Crippen LogP contribution is -2.63. The summed E-state index contributed by atoms with van der Waals surface area (Å²) in [5, 5.41) is 5.82. The van der Waals surface area contributed by atoms with Crippen LogP contribution in [0.5, 0.6) is 0 Å². The highest BCUT2D eigenvalue weighted by Crippen LogP contribution is 2.46. The van der Waals surface area contributed by atoms with Crippen molar-refractivity contribution in [2.45, 2.75) is 61.4 Å². The highest BCUT2D eigenvalue weighted by Gasteiger charge is 2.51. The molecule has 2 aliphatic carbocycles. The minimum atomic E-state index is -3.68. The van der Waals surface area contributed by atoms with E-state index in [2.05, 4.69) is 17.2 Å². The second kappa shape index (κ2) is 8.15. The van der Waals surface area contributed by atoms with Gasteiger partial charge in [-0.3, -0.25) is 9.59 Å². The van der Waals surface area contributed by atoms with Gasteiger partial charge in [-0.2, -0.15) is 4.31 Å². The zero-order valence-corrected chi connectivity index (χ0v) is 17.9. The SMILES string of the molecule is C=CC(=O)NC1CCN(S(=O)(=O)c2ccc(C(=O)NCC3CC3)cc2)C2(CCC2)C1. The van der Waals surface area contributed by atoms with Gasteiger partial charge in [-0.05, 0) is 81.2 Å². The standard InChI is InChI=1S/C22H29N3O4S/c1-2-20(26)24-18-10-13-25(22(14-18)11-3-12-22)30(28,29)19-8-6-17(7-9-19)21(27)23-15-16-4-5-16/h2,6-9,16,18H,1,3-5,10-15H2,(H,23,27)(H,24,26). The van der Waals surface area contributed by atoms with Crippen LogP contribution in [-0.4, -0.2) is 49.2 Å². The quantitative estimate of drug-likeness (QED) is 0.647. The second-order valence-corrected chi connectivity index (χ2v) is 10.6. The van der Waals surface area contributed by atoms with E-state index in [-0.39, 0.29) is 22.8 Å². The summed E-state index contributed by atoms with van der Waals surface area (Å²) >= 11 is 0. The van der Waals surface area contributed by atoms with E-state index in [0.29, 0.717) is 37.4 Å². The molecule has 1 aromatic carbocycles. The Morgan fingerprint density at radius 2 is 1.87 bits per heavy atom. The molecule has 8 heteroatoms. The number of hydrogen-bond donors (Lipinski definition) is 2. The van der Waals surface area contributed by atoms with Crippen LogP contribution in [0.15, 0.2) is 41.8 Å². The van der Waals surface area contributed by atoms with Gasteiger partial charge in [0.25, 0.3) is 5.91 Å². The molecule has 0 bridgehead atoms. The molecule has 3 aliphatic rings. The third-order valence-electron chi connectivity index (χ3n) is 6.60. The molecule has 3 fully saturated rings. The average Bonchev–Trinajstić information content (AvgIpc) is 3.55. The van der Waals surface area contributed by atoms with Crippen LogP contribution >= 0.6 is 0 Å². The second-order valence-electron chi connectivity index (χ2n) is 8.74. The Hall–Kier alpha value is -2.19. The lowest BCUT2D eigenvalue weighted by Gasteiger charge is -2.54. The first-order valence-corrected chi connectivity index (χ1v) is 12.1. The predicted octanol–water partition coefficient (Wildman–Crippen LogP) is 2.20. The molecule has 0 radical (unpaired) electrons. The molecule has 1 aromatic rings. The Kier molecular flexibility index (Phi) is 5.72. The molecule has 7 nitrogen and oxygen atoms in total. The first-order valence-electron chi connectivity index (χ1n) is 10.7. The fourth-order valence-electron chi connectivity index (χ4n) is 4.54. The molecule has 2 N–H and O–H groups in total. The molecule has 2 amide bonds. The van der Waals surface area contributed by atoms with E-state index in [1.54, 1.807) is 16.4 Å². The molecule has 1 atom stereocenters. The average molecular weight is 432 g/mol. The van der Waals surface area contributed by atoms with Crippen molar-refractivity contribution in [3.63, 3.8) is 0 Å². The highest BCUT2D eigenvalue weighted by molar-refractivity contribution is 7.89. The Balaban J connectivity index is 1.47. The topological polar surface area (TPSA) is 95.6 Å². The van der Waals surface area contributed by atoms with Crippen molar-refractivity contribution < 1.29 is 18.0 Å². The van der Waals surface area contributed by atoms with Gasteiger partial charge in [0.2, 0.25) is 15.9 Å². The van der Waals surface area contributed by atoms with Crippen molar-refractivity contribution in [3.05, 3.63) is 42.5 Å². The van der Waals surface area contributed by atoms with Crippen LogP contribution in [0.1, 0.15) is 55.3 Å². The van der Waals surface area contributed by atoms with E-state index < -0.39 is 15.6 Å². The minimum Gasteiger partial charge on any atom is -0.352 e. The lowest BCUT2D eigenvalue weighted by molar-refractivity contribution is -0.117. The number of nitrogens with zero attached hydrogens (tertiary/aromatic N) is 1. The van der Waals surface area contributed by atoms with Crippen LogP contribution in [0.2, 0.25) is 0 Å². The first kappa shape index (κ1) is 21.1. The molecule has 1 saturated heterocycles. The zero-order chi connectivity index (χ0) is 21.4. The van der Waals surface area contributed by atoms with Gasteiger partial charge in [-0.15, -0.1) is 0 Å². The van der Waals surface area contributed by atoms with Gasteiger partial charge in [0.1, 0.15) is 0 Å². The molecule has 1 aliphatic heterocycles. The van der Waals surface area contributed by atoms with Crippen molar-refractivity contribution >= 4 is 21.8 Å². The van der Waals surface area contributed by atoms with Gasteiger partial charge in [-0.25, -0.2) is 8.42 Å². The van der Waals surface area contributed by atoms with Gasteiger partial charge in [0, 0.05) is 30.2 Å². The fourth-order valence-corrected chi connectivity index (χ4v) is 6.38. The maximum atomic E-state index is 13.4. The first-order chi connectivity index (χ1) is 14.3. The molecule has 162 valence electrons. The lowest BCUT2D eigenvalue weighted by atomic mass is 9.70.